The maximum absolute atomic E-state index is 9.49. The van der Waals surface area contributed by atoms with Crippen molar-refractivity contribution in [2.45, 2.75) is 0 Å². The molecule has 5 heavy (non-hydrogen) atoms. The molecule has 0 aliphatic rings. The summed E-state index contributed by atoms with van der Waals surface area (Å²) in [6.45, 7) is 3.17. The molecule has 0 atom stereocenters. The molecule has 0 saturated carbocycles. The van der Waals surface area contributed by atoms with E-state index < -0.39 is 15.7 Å². The minimum absolute atomic E-state index is 0.265. The van der Waals surface area contributed by atoms with Gasteiger partial charge in [0.2, 0.25) is 0 Å². The summed E-state index contributed by atoms with van der Waals surface area (Å²) in [6, 6.07) is 0. The summed E-state index contributed by atoms with van der Waals surface area (Å²) in [6.07, 6.45) is 0. The molecule has 3 heteroatoms. The third-order valence-electron chi connectivity index (χ3n) is 0.0991. The minimum atomic E-state index is -1.02. The Morgan fingerprint density at radius 1 is 2.00 bits per heavy atom. The van der Waals surface area contributed by atoms with Gasteiger partial charge < -0.3 is 0 Å². The normalized spacial score (nSPS) is 8.20. The Hall–Kier alpha value is 0.388. The summed E-state index contributed by atoms with van der Waals surface area (Å²) in [5, 5.41) is 0. The van der Waals surface area contributed by atoms with E-state index in [1.54, 1.807) is 0 Å². The summed E-state index contributed by atoms with van der Waals surface area (Å²) < 4.78 is 9.76. The average molecular weight is 152 g/mol. The van der Waals surface area contributed by atoms with Gasteiger partial charge in [-0.1, -0.05) is 0 Å². The molecule has 0 spiro atoms. The van der Waals surface area contributed by atoms with Gasteiger partial charge in [-0.2, -0.15) is 0 Å². The second-order valence-electron chi connectivity index (χ2n) is 0.468. The summed E-state index contributed by atoms with van der Waals surface area (Å²) in [5.41, 5.74) is 0. The van der Waals surface area contributed by atoms with Crippen molar-refractivity contribution >= 4 is 27.3 Å². The van der Waals surface area contributed by atoms with Gasteiger partial charge in [-0.15, -0.1) is 0 Å². The van der Waals surface area contributed by atoms with Crippen LogP contribution in [-0.2, 0) is 3.74 Å². The van der Waals surface area contributed by atoms with Crippen molar-refractivity contribution in [1.82, 2.24) is 0 Å². The van der Waals surface area contributed by atoms with Crippen LogP contribution in [0.2, 0.25) is 0 Å². The van der Waals surface area contributed by atoms with E-state index in [1.807, 2.05) is 0 Å². The van der Waals surface area contributed by atoms with E-state index in [0.717, 1.165) is 0 Å². The van der Waals surface area contributed by atoms with Crippen LogP contribution in [0.3, 0.4) is 0 Å². The number of halogens is 1. The quantitative estimate of drug-likeness (QED) is 0.507. The zero-order valence-corrected chi connectivity index (χ0v) is 5.07. The molecule has 0 aromatic heterocycles. The molecule has 0 aromatic carbocycles. The molecule has 1 nitrogen and oxygen atoms in total. The monoisotopic (exact) mass is 152 g/mol. The first-order chi connectivity index (χ1) is 2.27. The Morgan fingerprint density at radius 3 is 2.20 bits per heavy atom. The van der Waals surface area contributed by atoms with Crippen LogP contribution in [0, 0.1) is 0 Å². The van der Waals surface area contributed by atoms with Crippen LogP contribution in [0.15, 0.2) is 10.4 Å². The molecule has 0 unspecified atom stereocenters. The van der Waals surface area contributed by atoms with E-state index in [0.29, 0.717) is 0 Å². The van der Waals surface area contributed by atoms with E-state index in [4.69, 9.17) is 11.6 Å². The van der Waals surface area contributed by atoms with Crippen LogP contribution in [0.1, 0.15) is 0 Å². The van der Waals surface area contributed by atoms with E-state index in [1.165, 1.54) is 0 Å². The fraction of sp³-hybridized carbons (Fsp3) is 0. The van der Waals surface area contributed by atoms with Gasteiger partial charge >= 0.3 is 41.4 Å². The molecule has 0 fully saturated rings. The summed E-state index contributed by atoms with van der Waals surface area (Å²) >= 11 is 3.98. The predicted molar refractivity (Wildman–Crippen MR) is 21.4 cm³/mol. The Morgan fingerprint density at radius 2 is 2.20 bits per heavy atom. The van der Waals surface area contributed by atoms with Crippen molar-refractivity contribution in [3.05, 3.63) is 10.4 Å². The van der Waals surface area contributed by atoms with Crippen molar-refractivity contribution in [1.29, 1.82) is 0 Å². The fourth-order valence-electron chi connectivity index (χ4n) is 0. The van der Waals surface area contributed by atoms with Crippen molar-refractivity contribution in [3.63, 3.8) is 0 Å². The van der Waals surface area contributed by atoms with Crippen LogP contribution < -0.4 is 0 Å². The molecular formula is C2H2AsClO. The van der Waals surface area contributed by atoms with E-state index in [-0.39, 0.29) is 3.82 Å². The van der Waals surface area contributed by atoms with Crippen molar-refractivity contribution < 1.29 is 3.74 Å². The second-order valence-corrected chi connectivity index (χ2v) is 3.01. The van der Waals surface area contributed by atoms with Gasteiger partial charge in [0.1, 0.15) is 0 Å². The third kappa shape index (κ3) is 4.39. The van der Waals surface area contributed by atoms with Gasteiger partial charge in [-0.3, -0.25) is 0 Å². The molecule has 0 aromatic rings. The Bertz CT molecular complexity index is 60.7. The molecule has 0 radical (unpaired) electrons. The zero-order valence-electron chi connectivity index (χ0n) is 2.44. The average Bonchev–Trinajstić information content (AvgIpc) is 1.38. The molecule has 0 aliphatic heterocycles. The number of rotatable bonds is 1. The van der Waals surface area contributed by atoms with Gasteiger partial charge in [0, 0.05) is 0 Å². The molecule has 0 bridgehead atoms. The van der Waals surface area contributed by atoms with Gasteiger partial charge in [-0.25, -0.2) is 0 Å². The van der Waals surface area contributed by atoms with Crippen LogP contribution >= 0.6 is 11.6 Å². The zero-order chi connectivity index (χ0) is 4.28. The van der Waals surface area contributed by atoms with Gasteiger partial charge in [0.25, 0.3) is 0 Å². The van der Waals surface area contributed by atoms with E-state index in [9.17, 15) is 3.74 Å². The first kappa shape index (κ1) is 5.39. The maximum atomic E-state index is 9.49. The molecule has 0 N–H and O–H groups in total. The Kier molecular flexibility index (Phi) is 2.82. The Balaban J connectivity index is 3.20. The van der Waals surface area contributed by atoms with Crippen LogP contribution in [0.25, 0.3) is 0 Å². The van der Waals surface area contributed by atoms with Gasteiger partial charge in [0.05, 0.1) is 0 Å². The predicted octanol–water partition coefficient (Wildman–Crippen LogP) is 0.746. The fourth-order valence-corrected chi connectivity index (χ4v) is 0. The second kappa shape index (κ2) is 2.62. The van der Waals surface area contributed by atoms with Gasteiger partial charge in [-0.05, 0) is 0 Å². The first-order valence-corrected chi connectivity index (χ1v) is 3.03. The summed E-state index contributed by atoms with van der Waals surface area (Å²) in [4.78, 5) is 0. The topological polar surface area (TPSA) is 17.1 Å². The molecule has 0 heterocycles. The van der Waals surface area contributed by atoms with Crippen molar-refractivity contribution in [2.24, 2.45) is 0 Å². The summed E-state index contributed by atoms with van der Waals surface area (Å²) in [7, 11) is 0. The van der Waals surface area contributed by atoms with Crippen LogP contribution in [-0.4, -0.2) is 15.7 Å². The molecule has 0 amide bonds. The summed E-state index contributed by atoms with van der Waals surface area (Å²) in [5.74, 6) is 0. The SMILES string of the molecule is C=C(Cl)[As]=O. The molecule has 28 valence electrons. The van der Waals surface area contributed by atoms with E-state index >= 15 is 0 Å². The Labute approximate surface area is 41.9 Å². The van der Waals surface area contributed by atoms with Crippen LogP contribution in [0.4, 0.5) is 0 Å². The number of hydrogen-bond acceptors (Lipinski definition) is 1. The van der Waals surface area contributed by atoms with E-state index in [2.05, 4.69) is 6.58 Å². The van der Waals surface area contributed by atoms with Crippen LogP contribution in [0.5, 0.6) is 0 Å². The molecular weight excluding hydrogens is 150 g/mol. The van der Waals surface area contributed by atoms with Crippen molar-refractivity contribution in [3.8, 4) is 0 Å². The number of hydrogen-bond donors (Lipinski definition) is 0. The molecule has 0 rings (SSSR count). The third-order valence-corrected chi connectivity index (χ3v) is 0.873. The molecule has 0 aliphatic carbocycles. The van der Waals surface area contributed by atoms with Gasteiger partial charge in [0.15, 0.2) is 0 Å². The standard InChI is InChI=1S/C2H2AsClO/c1-2(4)3-5/h1H2. The molecule has 0 saturated heterocycles. The first-order valence-electron chi connectivity index (χ1n) is 0.949. The van der Waals surface area contributed by atoms with Crippen molar-refractivity contribution in [2.75, 3.05) is 0 Å².